The van der Waals surface area contributed by atoms with Gasteiger partial charge in [0.1, 0.15) is 6.10 Å². The summed E-state index contributed by atoms with van der Waals surface area (Å²) in [7, 11) is 0. The fourth-order valence-electron chi connectivity index (χ4n) is 6.70. The Morgan fingerprint density at radius 2 is 1.92 bits per heavy atom. The van der Waals surface area contributed by atoms with E-state index in [1.165, 1.54) is 0 Å². The topological polar surface area (TPSA) is 126 Å². The molecule has 0 unspecified atom stereocenters. The molecule has 2 fully saturated rings. The summed E-state index contributed by atoms with van der Waals surface area (Å²) in [4.78, 5) is 25.3. The second-order valence-electron chi connectivity index (χ2n) is 11.0. The smallest absolute Gasteiger partial charge is 0.407 e. The Labute approximate surface area is 212 Å². The largest absolute Gasteiger partial charge is 0.454 e. The molecule has 4 rings (SSSR count). The molecule has 3 aliphatic rings. The van der Waals surface area contributed by atoms with Gasteiger partial charge in [-0.2, -0.15) is 0 Å². The van der Waals surface area contributed by atoms with Gasteiger partial charge in [-0.25, -0.2) is 4.79 Å². The molecule has 6 atom stereocenters. The molecular weight excluding hydrogens is 464 g/mol. The van der Waals surface area contributed by atoms with Crippen molar-refractivity contribution in [3.63, 3.8) is 0 Å². The normalized spacial score (nSPS) is 32.9. The molecule has 1 aromatic carbocycles. The second-order valence-corrected chi connectivity index (χ2v) is 11.0. The fourth-order valence-corrected chi connectivity index (χ4v) is 6.70. The summed E-state index contributed by atoms with van der Waals surface area (Å²) in [6, 6.07) is 5.59. The maximum absolute atomic E-state index is 13.0. The summed E-state index contributed by atoms with van der Waals surface area (Å²) >= 11 is 0. The Morgan fingerprint density at radius 3 is 2.67 bits per heavy atom. The van der Waals surface area contributed by atoms with E-state index in [1.807, 2.05) is 32.0 Å². The van der Waals surface area contributed by atoms with E-state index in [-0.39, 0.29) is 43.0 Å². The van der Waals surface area contributed by atoms with E-state index in [2.05, 4.69) is 17.6 Å². The lowest BCUT2D eigenvalue weighted by molar-refractivity contribution is -0.186. The summed E-state index contributed by atoms with van der Waals surface area (Å²) in [5, 5.41) is 27.2. The summed E-state index contributed by atoms with van der Waals surface area (Å²) in [6.45, 7) is 7.04. The average Bonchev–Trinajstić information content (AvgIpc) is 3.33. The predicted octanol–water partition coefficient (Wildman–Crippen LogP) is 3.11. The van der Waals surface area contributed by atoms with Crippen LogP contribution in [0.25, 0.3) is 0 Å². The maximum atomic E-state index is 13.0. The summed E-state index contributed by atoms with van der Waals surface area (Å²) in [5.74, 6) is 0.993. The Bertz CT molecular complexity index is 956. The maximum Gasteiger partial charge on any atom is 0.407 e. The third kappa shape index (κ3) is 5.13. The first-order valence-corrected chi connectivity index (χ1v) is 13.1. The Kier molecular flexibility index (Phi) is 7.99. The number of ether oxygens (including phenoxy) is 3. The monoisotopic (exact) mass is 504 g/mol. The van der Waals surface area contributed by atoms with E-state index in [0.717, 1.165) is 12.0 Å². The summed E-state index contributed by atoms with van der Waals surface area (Å²) < 4.78 is 16.5. The molecule has 4 N–H and O–H groups in total. The highest BCUT2D eigenvalue weighted by Crippen LogP contribution is 2.61. The molecule has 1 heterocycles. The van der Waals surface area contributed by atoms with Gasteiger partial charge in [-0.05, 0) is 67.1 Å². The van der Waals surface area contributed by atoms with Gasteiger partial charge in [0, 0.05) is 24.9 Å². The van der Waals surface area contributed by atoms with E-state index in [4.69, 9.17) is 14.2 Å². The van der Waals surface area contributed by atoms with Crippen molar-refractivity contribution in [2.24, 2.45) is 22.7 Å². The van der Waals surface area contributed by atoms with Crippen LogP contribution in [0.5, 0.6) is 11.5 Å². The lowest BCUT2D eigenvalue weighted by Crippen LogP contribution is -2.61. The minimum absolute atomic E-state index is 0.00258. The molecule has 36 heavy (non-hydrogen) atoms. The molecule has 9 heteroatoms. The zero-order valence-corrected chi connectivity index (χ0v) is 21.5. The van der Waals surface area contributed by atoms with Crippen molar-refractivity contribution in [1.82, 2.24) is 10.6 Å². The van der Waals surface area contributed by atoms with Crippen LogP contribution in [-0.2, 0) is 16.1 Å². The molecule has 0 saturated heterocycles. The van der Waals surface area contributed by atoms with Crippen LogP contribution in [-0.4, -0.2) is 54.4 Å². The van der Waals surface area contributed by atoms with Crippen LogP contribution in [0, 0.1) is 22.7 Å². The minimum Gasteiger partial charge on any atom is -0.454 e. The number of aliphatic hydroxyl groups is 2. The molecule has 0 radical (unpaired) electrons. The van der Waals surface area contributed by atoms with Gasteiger partial charge in [0.2, 0.25) is 12.7 Å². The Balaban J connectivity index is 1.43. The van der Waals surface area contributed by atoms with Crippen LogP contribution in [0.2, 0.25) is 0 Å². The van der Waals surface area contributed by atoms with Crippen molar-refractivity contribution in [1.29, 1.82) is 0 Å². The Morgan fingerprint density at radius 1 is 1.14 bits per heavy atom. The first-order chi connectivity index (χ1) is 17.2. The minimum atomic E-state index is -0.655. The number of benzene rings is 1. The number of hydrogen-bond donors (Lipinski definition) is 4. The number of amides is 2. The molecule has 1 aromatic rings. The van der Waals surface area contributed by atoms with E-state index < -0.39 is 23.7 Å². The van der Waals surface area contributed by atoms with Crippen LogP contribution < -0.4 is 20.1 Å². The molecule has 2 amide bonds. The van der Waals surface area contributed by atoms with Crippen molar-refractivity contribution in [3.8, 4) is 11.5 Å². The van der Waals surface area contributed by atoms with E-state index in [0.29, 0.717) is 50.3 Å². The molecule has 0 bridgehead atoms. The van der Waals surface area contributed by atoms with Gasteiger partial charge in [-0.3, -0.25) is 4.79 Å². The standard InChI is InChI=1S/C27H40N2O7/c1-4-11-28-25(33)36-23-9-10-26(2)18(19(31)6-8-22(26)27(23,3)15-30)13-24(32)29-14-17-5-7-20-21(12-17)35-16-34-20/h5,7,12,18-19,22-23,30-31H,4,6,8-11,13-16H2,1-3H3,(H,28,33)(H,29,32)/t18-,19-,22+,23-,26+,27+/m1/s1. The van der Waals surface area contributed by atoms with Crippen LogP contribution in [0.4, 0.5) is 4.79 Å². The number of fused-ring (bicyclic) bond motifs is 2. The van der Waals surface area contributed by atoms with Crippen LogP contribution in [0.3, 0.4) is 0 Å². The van der Waals surface area contributed by atoms with Crippen LogP contribution in [0.1, 0.15) is 64.9 Å². The first-order valence-electron chi connectivity index (χ1n) is 13.1. The number of alkyl carbamates (subject to hydrolysis) is 1. The van der Waals surface area contributed by atoms with E-state index >= 15 is 0 Å². The van der Waals surface area contributed by atoms with Gasteiger partial charge in [-0.1, -0.05) is 26.8 Å². The van der Waals surface area contributed by atoms with Crippen molar-refractivity contribution in [2.45, 2.75) is 78.0 Å². The summed E-state index contributed by atoms with van der Waals surface area (Å²) in [6.07, 6.45) is 2.06. The molecule has 2 saturated carbocycles. The first kappa shape index (κ1) is 26.5. The van der Waals surface area contributed by atoms with Gasteiger partial charge in [0.05, 0.1) is 12.7 Å². The molecule has 200 valence electrons. The van der Waals surface area contributed by atoms with Gasteiger partial charge >= 0.3 is 6.09 Å². The van der Waals surface area contributed by atoms with Crippen molar-refractivity contribution in [2.75, 3.05) is 19.9 Å². The van der Waals surface area contributed by atoms with E-state index in [1.54, 1.807) is 0 Å². The van der Waals surface area contributed by atoms with Gasteiger partial charge in [0.15, 0.2) is 11.5 Å². The van der Waals surface area contributed by atoms with Crippen molar-refractivity contribution >= 4 is 12.0 Å². The zero-order valence-electron chi connectivity index (χ0n) is 21.5. The molecule has 9 nitrogen and oxygen atoms in total. The number of carbonyl (C=O) groups is 2. The van der Waals surface area contributed by atoms with Crippen molar-refractivity contribution in [3.05, 3.63) is 23.8 Å². The molecular formula is C27H40N2O7. The fraction of sp³-hybridized carbons (Fsp3) is 0.704. The highest BCUT2D eigenvalue weighted by atomic mass is 16.7. The van der Waals surface area contributed by atoms with Gasteiger partial charge < -0.3 is 35.1 Å². The lowest BCUT2D eigenvalue weighted by atomic mass is 9.46. The SMILES string of the molecule is CCCNC(=O)O[C@@H]1CC[C@]2(C)[C@H](CC[C@@H](O)[C@H]2CC(=O)NCc2ccc3c(c2)OCO3)[C@]1(C)CO. The number of aliphatic hydroxyl groups excluding tert-OH is 2. The van der Waals surface area contributed by atoms with Crippen LogP contribution >= 0.6 is 0 Å². The zero-order chi connectivity index (χ0) is 25.9. The molecule has 1 aliphatic heterocycles. The molecule has 2 aliphatic carbocycles. The Hall–Kier alpha value is -2.52. The summed E-state index contributed by atoms with van der Waals surface area (Å²) in [5.41, 5.74) is -0.115. The lowest BCUT2D eigenvalue weighted by Gasteiger charge is -2.60. The third-order valence-electron chi connectivity index (χ3n) is 8.78. The highest BCUT2D eigenvalue weighted by Gasteiger charge is 2.60. The van der Waals surface area contributed by atoms with E-state index in [9.17, 15) is 19.8 Å². The third-order valence-corrected chi connectivity index (χ3v) is 8.78. The number of carbonyl (C=O) groups excluding carboxylic acids is 2. The predicted molar refractivity (Wildman–Crippen MR) is 132 cm³/mol. The molecule has 0 spiro atoms. The highest BCUT2D eigenvalue weighted by molar-refractivity contribution is 5.76. The molecule has 0 aromatic heterocycles. The number of hydrogen-bond acceptors (Lipinski definition) is 7. The van der Waals surface area contributed by atoms with Crippen molar-refractivity contribution < 1.29 is 34.0 Å². The number of rotatable bonds is 8. The average molecular weight is 505 g/mol. The van der Waals surface area contributed by atoms with Gasteiger partial charge in [0.25, 0.3) is 0 Å². The quantitative estimate of drug-likeness (QED) is 0.428. The van der Waals surface area contributed by atoms with Crippen LogP contribution in [0.15, 0.2) is 18.2 Å². The second kappa shape index (κ2) is 10.8. The number of nitrogens with one attached hydrogen (secondary N) is 2. The van der Waals surface area contributed by atoms with Gasteiger partial charge in [-0.15, -0.1) is 0 Å².